The highest BCUT2D eigenvalue weighted by molar-refractivity contribution is 6.34. The molecule has 0 atom stereocenters. The molecular weight excluding hydrogens is 790 g/mol. The molecule has 10 rings (SSSR count). The van der Waals surface area contributed by atoms with Gasteiger partial charge in [0.05, 0.1) is 24.1 Å². The predicted molar refractivity (Wildman–Crippen MR) is 255 cm³/mol. The Labute approximate surface area is 365 Å². The van der Waals surface area contributed by atoms with Crippen molar-refractivity contribution in [2.24, 2.45) is 0 Å². The average Bonchev–Trinajstić information content (AvgIpc) is 3.28. The van der Waals surface area contributed by atoms with Crippen LogP contribution in [0.15, 0.2) is 182 Å². The van der Waals surface area contributed by atoms with E-state index < -0.39 is 0 Å². The Hall–Kier alpha value is -6.62. The number of hydrogen-bond donors (Lipinski definition) is 1. The summed E-state index contributed by atoms with van der Waals surface area (Å²) in [6.45, 7) is 0.960. The first-order valence-electron chi connectivity index (χ1n) is 20.5. The number of hydrogen-bond acceptors (Lipinski definition) is 2. The number of benzene rings is 10. The molecule has 0 amide bonds. The minimum atomic E-state index is -0.0376. The lowest BCUT2D eigenvalue weighted by Gasteiger charge is -2.34. The van der Waals surface area contributed by atoms with E-state index in [1.807, 2.05) is 133 Å². The summed E-state index contributed by atoms with van der Waals surface area (Å²) in [5.74, 6) is 0.168. The summed E-state index contributed by atoms with van der Waals surface area (Å²) >= 11 is 14.9. The van der Waals surface area contributed by atoms with Crippen molar-refractivity contribution in [1.29, 1.82) is 0 Å². The van der Waals surface area contributed by atoms with Crippen LogP contribution < -0.4 is 5.11 Å². The summed E-state index contributed by atoms with van der Waals surface area (Å²) in [6.07, 6.45) is 0. The molecule has 5 heteroatoms. The molecule has 3 nitrogen and oxygen atoms in total. The van der Waals surface area contributed by atoms with Gasteiger partial charge in [0, 0.05) is 27.8 Å². The van der Waals surface area contributed by atoms with Crippen molar-refractivity contribution in [2.45, 2.75) is 13.1 Å². The SMILES string of the molecule is C[N+](C)(Cc1c(Cl)cc2ccccc2c1-c1c([O-])c(-c2ccccc2)cc2ccccc12)Cc1c(Cl)cc2ccccc2c1-c1c(O)c(-c2ccccc2)cc2ccccc12. The van der Waals surface area contributed by atoms with E-state index in [2.05, 4.69) is 62.6 Å². The van der Waals surface area contributed by atoms with Crippen molar-refractivity contribution in [3.8, 4) is 56.0 Å². The fourth-order valence-electron chi connectivity index (χ4n) is 9.34. The molecule has 0 fully saturated rings. The Kier molecular flexibility index (Phi) is 9.77. The van der Waals surface area contributed by atoms with Crippen LogP contribution in [0.4, 0.5) is 0 Å². The van der Waals surface area contributed by atoms with Crippen LogP contribution in [0, 0.1) is 0 Å². The van der Waals surface area contributed by atoms with E-state index in [9.17, 15) is 5.11 Å². The number of nitrogens with zero attached hydrogens (tertiary/aromatic N) is 1. The van der Waals surface area contributed by atoms with Gasteiger partial charge in [-0.25, -0.2) is 0 Å². The van der Waals surface area contributed by atoms with Crippen LogP contribution in [0.2, 0.25) is 10.0 Å². The second kappa shape index (κ2) is 15.4. The molecule has 0 aliphatic carbocycles. The summed E-state index contributed by atoms with van der Waals surface area (Å²) < 4.78 is 0.428. The maximum atomic E-state index is 15.1. The Bertz CT molecular complexity index is 3100. The number of phenols is 1. The standard InChI is InChI=1S/C56H41Cl2NO2/c1-59(2,33-47-49(57)31-39-23-11-13-25-41(39)51(47)53-43-27-15-9-21-37(43)29-45(55(53)60)35-17-5-3-6-18-35)34-48-50(58)32-40-24-12-14-26-42(40)52(48)54-44-28-16-10-22-38(44)30-46(56(54)61)36-19-7-4-8-20-36/h3-32H,33-34H2,1-2H3,(H-,60,61). The zero-order valence-corrected chi connectivity index (χ0v) is 35.3. The van der Waals surface area contributed by atoms with Crippen molar-refractivity contribution >= 4 is 66.3 Å². The molecule has 296 valence electrons. The van der Waals surface area contributed by atoms with E-state index in [1.165, 1.54) is 0 Å². The molecule has 10 aromatic carbocycles. The molecule has 0 radical (unpaired) electrons. The van der Waals surface area contributed by atoms with Crippen molar-refractivity contribution in [1.82, 2.24) is 0 Å². The van der Waals surface area contributed by atoms with Gasteiger partial charge in [0.15, 0.2) is 0 Å². The number of halogens is 2. The van der Waals surface area contributed by atoms with Gasteiger partial charge < -0.3 is 14.7 Å². The van der Waals surface area contributed by atoms with E-state index >= 15 is 5.11 Å². The summed E-state index contributed by atoms with van der Waals surface area (Å²) in [5.41, 5.74) is 8.13. The van der Waals surface area contributed by atoms with E-state index in [0.717, 1.165) is 87.6 Å². The molecule has 0 heterocycles. The smallest absolute Gasteiger partial charge is 0.131 e. The second-order valence-electron chi connectivity index (χ2n) is 16.6. The monoisotopic (exact) mass is 829 g/mol. The predicted octanol–water partition coefficient (Wildman–Crippen LogP) is 14.8. The Morgan fingerprint density at radius 3 is 1.25 bits per heavy atom. The van der Waals surface area contributed by atoms with E-state index in [-0.39, 0.29) is 11.5 Å². The minimum absolute atomic E-state index is 0.0376. The van der Waals surface area contributed by atoms with Crippen molar-refractivity contribution in [3.05, 3.63) is 203 Å². The van der Waals surface area contributed by atoms with Crippen LogP contribution in [0.1, 0.15) is 11.1 Å². The quantitative estimate of drug-likeness (QED) is 0.155. The van der Waals surface area contributed by atoms with Gasteiger partial charge in [-0.2, -0.15) is 0 Å². The van der Waals surface area contributed by atoms with Crippen LogP contribution in [0.25, 0.3) is 87.6 Å². The van der Waals surface area contributed by atoms with Crippen LogP contribution >= 0.6 is 23.2 Å². The molecule has 0 aromatic heterocycles. The van der Waals surface area contributed by atoms with Crippen molar-refractivity contribution < 1.29 is 14.7 Å². The first-order chi connectivity index (χ1) is 29.7. The molecule has 0 spiro atoms. The van der Waals surface area contributed by atoms with E-state index in [1.54, 1.807) is 0 Å². The molecule has 10 aromatic rings. The zero-order valence-electron chi connectivity index (χ0n) is 33.8. The number of aromatic hydroxyl groups is 1. The lowest BCUT2D eigenvalue weighted by molar-refractivity contribution is -0.916. The number of rotatable bonds is 8. The third-order valence-electron chi connectivity index (χ3n) is 12.1. The Balaban J connectivity index is 1.20. The summed E-state index contributed by atoms with van der Waals surface area (Å²) in [5, 5.41) is 36.6. The van der Waals surface area contributed by atoms with Gasteiger partial charge in [0.25, 0.3) is 0 Å². The van der Waals surface area contributed by atoms with Gasteiger partial charge in [-0.05, 0) is 95.2 Å². The normalized spacial score (nSPS) is 11.9. The molecule has 0 aliphatic heterocycles. The molecule has 61 heavy (non-hydrogen) atoms. The van der Waals surface area contributed by atoms with Gasteiger partial charge in [0.1, 0.15) is 18.8 Å². The second-order valence-corrected chi connectivity index (χ2v) is 17.4. The van der Waals surface area contributed by atoms with Crippen LogP contribution in [0.5, 0.6) is 11.5 Å². The summed E-state index contributed by atoms with van der Waals surface area (Å²) in [4.78, 5) is 0. The van der Waals surface area contributed by atoms with E-state index in [0.29, 0.717) is 38.7 Å². The third kappa shape index (κ3) is 6.85. The highest BCUT2D eigenvalue weighted by Crippen LogP contribution is 2.51. The molecule has 0 unspecified atom stereocenters. The topological polar surface area (TPSA) is 43.3 Å². The highest BCUT2D eigenvalue weighted by atomic mass is 35.5. The largest absolute Gasteiger partial charge is 0.872 e. The Morgan fingerprint density at radius 1 is 0.426 bits per heavy atom. The molecule has 0 aliphatic rings. The van der Waals surface area contributed by atoms with Gasteiger partial charge in [-0.15, -0.1) is 0 Å². The average molecular weight is 831 g/mol. The zero-order chi connectivity index (χ0) is 41.8. The van der Waals surface area contributed by atoms with Gasteiger partial charge in [-0.1, -0.05) is 187 Å². The van der Waals surface area contributed by atoms with E-state index in [4.69, 9.17) is 23.2 Å². The third-order valence-corrected chi connectivity index (χ3v) is 12.7. The minimum Gasteiger partial charge on any atom is -0.872 e. The summed E-state index contributed by atoms with van der Waals surface area (Å²) in [6, 6.07) is 60.9. The van der Waals surface area contributed by atoms with Crippen LogP contribution in [-0.2, 0) is 13.1 Å². The lowest BCUT2D eigenvalue weighted by Crippen LogP contribution is -2.38. The van der Waals surface area contributed by atoms with Gasteiger partial charge in [-0.3, -0.25) is 0 Å². The maximum absolute atomic E-state index is 15.1. The fraction of sp³-hybridized carbons (Fsp3) is 0.0714. The molecular formula is C56H41Cl2NO2. The number of phenolic OH excluding ortho intramolecular Hbond substituents is 1. The van der Waals surface area contributed by atoms with Crippen LogP contribution in [0.3, 0.4) is 0 Å². The first-order valence-corrected chi connectivity index (χ1v) is 21.2. The molecule has 0 saturated carbocycles. The van der Waals surface area contributed by atoms with Crippen molar-refractivity contribution in [2.75, 3.05) is 14.1 Å². The maximum Gasteiger partial charge on any atom is 0.131 e. The summed E-state index contributed by atoms with van der Waals surface area (Å²) in [7, 11) is 4.36. The Morgan fingerprint density at radius 2 is 0.770 bits per heavy atom. The lowest BCUT2D eigenvalue weighted by atomic mass is 9.85. The fourth-order valence-corrected chi connectivity index (χ4v) is 9.88. The van der Waals surface area contributed by atoms with Gasteiger partial charge >= 0.3 is 0 Å². The van der Waals surface area contributed by atoms with Gasteiger partial charge in [0.2, 0.25) is 0 Å². The molecule has 1 N–H and O–H groups in total. The highest BCUT2D eigenvalue weighted by Gasteiger charge is 2.30. The van der Waals surface area contributed by atoms with Crippen LogP contribution in [-0.4, -0.2) is 23.7 Å². The van der Waals surface area contributed by atoms with Crippen molar-refractivity contribution in [3.63, 3.8) is 0 Å². The first kappa shape index (κ1) is 38.6. The number of fused-ring (bicyclic) bond motifs is 4. The molecule has 0 bridgehead atoms. The molecule has 0 saturated heterocycles. The number of quaternary nitrogens is 1.